The van der Waals surface area contributed by atoms with Crippen molar-refractivity contribution in [2.24, 2.45) is 5.73 Å². The molecule has 140 valence electrons. The molecule has 1 saturated heterocycles. The fraction of sp³-hybridized carbons (Fsp3) is 0.667. The Labute approximate surface area is 153 Å². The van der Waals surface area contributed by atoms with Gasteiger partial charge in [0.25, 0.3) is 0 Å². The molecule has 1 aliphatic heterocycles. The maximum atomic E-state index is 12.4. The van der Waals surface area contributed by atoms with Crippen LogP contribution in [0.25, 0.3) is 0 Å². The molecule has 3 heterocycles. The number of piperidine rings is 1. The smallest absolute Gasteiger partial charge is 0.242 e. The molecular formula is C18H27N7O. The third-order valence-corrected chi connectivity index (χ3v) is 5.27. The van der Waals surface area contributed by atoms with Crippen LogP contribution >= 0.6 is 0 Å². The molecule has 0 aromatic carbocycles. The van der Waals surface area contributed by atoms with Crippen molar-refractivity contribution >= 4 is 5.91 Å². The van der Waals surface area contributed by atoms with Crippen molar-refractivity contribution in [1.82, 2.24) is 29.4 Å². The molecule has 1 amide bonds. The maximum absolute atomic E-state index is 12.4. The second kappa shape index (κ2) is 6.50. The molecule has 1 aliphatic carbocycles. The summed E-state index contributed by atoms with van der Waals surface area (Å²) in [6.07, 6.45) is 7.93. The third kappa shape index (κ3) is 3.38. The van der Waals surface area contributed by atoms with Gasteiger partial charge < -0.3 is 15.2 Å². The van der Waals surface area contributed by atoms with E-state index in [0.29, 0.717) is 18.5 Å². The van der Waals surface area contributed by atoms with Crippen molar-refractivity contribution in [3.63, 3.8) is 0 Å². The third-order valence-electron chi connectivity index (χ3n) is 5.27. The van der Waals surface area contributed by atoms with Gasteiger partial charge in [-0.1, -0.05) is 0 Å². The largest absolute Gasteiger partial charge is 0.341 e. The van der Waals surface area contributed by atoms with E-state index in [9.17, 15) is 4.79 Å². The van der Waals surface area contributed by atoms with Crippen LogP contribution in [-0.4, -0.2) is 54.0 Å². The maximum Gasteiger partial charge on any atom is 0.242 e. The fourth-order valence-electron chi connectivity index (χ4n) is 3.74. The minimum absolute atomic E-state index is 0.0268. The first-order valence-corrected chi connectivity index (χ1v) is 9.43. The van der Waals surface area contributed by atoms with Crippen LogP contribution in [-0.2, 0) is 11.3 Å². The van der Waals surface area contributed by atoms with Crippen LogP contribution in [0, 0.1) is 0 Å². The van der Waals surface area contributed by atoms with E-state index in [4.69, 9.17) is 5.73 Å². The molecule has 26 heavy (non-hydrogen) atoms. The van der Waals surface area contributed by atoms with Crippen LogP contribution in [0.4, 0.5) is 0 Å². The van der Waals surface area contributed by atoms with Crippen LogP contribution in [0.1, 0.15) is 63.1 Å². The van der Waals surface area contributed by atoms with Crippen molar-refractivity contribution in [2.75, 3.05) is 13.1 Å². The predicted octanol–water partition coefficient (Wildman–Crippen LogP) is 1.30. The molecule has 8 nitrogen and oxygen atoms in total. The Bertz CT molecular complexity index is 762. The zero-order valence-electron chi connectivity index (χ0n) is 15.5. The van der Waals surface area contributed by atoms with Gasteiger partial charge in [-0.15, -0.1) is 10.2 Å². The summed E-state index contributed by atoms with van der Waals surface area (Å²) in [5, 5.41) is 13.3. The van der Waals surface area contributed by atoms with Crippen molar-refractivity contribution in [3.8, 4) is 0 Å². The number of carbonyl (C=O) groups excluding carboxylic acids is 1. The number of aromatic nitrogens is 5. The first-order chi connectivity index (χ1) is 12.4. The van der Waals surface area contributed by atoms with E-state index in [2.05, 4.69) is 19.9 Å². The Morgan fingerprint density at radius 3 is 2.54 bits per heavy atom. The van der Waals surface area contributed by atoms with Gasteiger partial charge in [-0.25, -0.2) is 0 Å². The number of carbonyl (C=O) groups is 1. The van der Waals surface area contributed by atoms with Gasteiger partial charge in [-0.3, -0.25) is 9.48 Å². The Kier molecular flexibility index (Phi) is 4.30. The molecule has 2 aromatic heterocycles. The van der Waals surface area contributed by atoms with Gasteiger partial charge in [0, 0.05) is 37.4 Å². The molecule has 2 aliphatic rings. The average Bonchev–Trinajstić information content (AvgIpc) is 3.15. The SMILES string of the molecule is CC(C)(N)C(=O)N1CCC(c2nnc(Cn3cccn3)n2C2CC2)CC1. The van der Waals surface area contributed by atoms with E-state index in [1.54, 1.807) is 20.0 Å². The number of hydrogen-bond donors (Lipinski definition) is 1. The van der Waals surface area contributed by atoms with Gasteiger partial charge in [0.05, 0.1) is 5.54 Å². The highest BCUT2D eigenvalue weighted by Gasteiger charge is 2.36. The Morgan fingerprint density at radius 1 is 1.23 bits per heavy atom. The lowest BCUT2D eigenvalue weighted by Gasteiger charge is -2.35. The lowest BCUT2D eigenvalue weighted by atomic mass is 9.94. The highest BCUT2D eigenvalue weighted by molar-refractivity contribution is 5.85. The summed E-state index contributed by atoms with van der Waals surface area (Å²) in [5.74, 6) is 2.43. The Hall–Kier alpha value is -2.22. The average molecular weight is 357 g/mol. The Morgan fingerprint density at radius 2 is 1.96 bits per heavy atom. The predicted molar refractivity (Wildman–Crippen MR) is 96.4 cm³/mol. The summed E-state index contributed by atoms with van der Waals surface area (Å²) in [6, 6.07) is 2.44. The molecule has 0 spiro atoms. The molecule has 1 saturated carbocycles. The van der Waals surface area contributed by atoms with Gasteiger partial charge in [0.2, 0.25) is 5.91 Å². The van der Waals surface area contributed by atoms with E-state index >= 15 is 0 Å². The molecule has 0 atom stereocenters. The lowest BCUT2D eigenvalue weighted by Crippen LogP contribution is -2.53. The van der Waals surface area contributed by atoms with E-state index in [-0.39, 0.29) is 5.91 Å². The summed E-state index contributed by atoms with van der Waals surface area (Å²) in [7, 11) is 0. The minimum Gasteiger partial charge on any atom is -0.341 e. The summed E-state index contributed by atoms with van der Waals surface area (Å²) in [4.78, 5) is 14.3. The second-order valence-corrected chi connectivity index (χ2v) is 8.07. The van der Waals surface area contributed by atoms with Crippen molar-refractivity contribution in [2.45, 2.75) is 63.6 Å². The molecular weight excluding hydrogens is 330 g/mol. The Balaban J connectivity index is 1.49. The molecule has 2 aromatic rings. The van der Waals surface area contributed by atoms with Crippen LogP contribution in [0.3, 0.4) is 0 Å². The number of hydrogen-bond acceptors (Lipinski definition) is 5. The van der Waals surface area contributed by atoms with E-state index in [1.807, 2.05) is 21.8 Å². The molecule has 0 unspecified atom stereocenters. The quantitative estimate of drug-likeness (QED) is 0.870. The molecule has 4 rings (SSSR count). The summed E-state index contributed by atoms with van der Waals surface area (Å²) in [5.41, 5.74) is 5.16. The molecule has 0 bridgehead atoms. The van der Waals surface area contributed by atoms with Crippen LogP contribution in [0.5, 0.6) is 0 Å². The minimum atomic E-state index is -0.808. The monoisotopic (exact) mass is 357 g/mol. The van der Waals surface area contributed by atoms with Gasteiger partial charge >= 0.3 is 0 Å². The van der Waals surface area contributed by atoms with Crippen molar-refractivity contribution in [3.05, 3.63) is 30.1 Å². The van der Waals surface area contributed by atoms with Crippen molar-refractivity contribution < 1.29 is 4.79 Å². The highest BCUT2D eigenvalue weighted by atomic mass is 16.2. The molecule has 2 fully saturated rings. The zero-order valence-corrected chi connectivity index (χ0v) is 15.5. The van der Waals surface area contributed by atoms with Crippen LogP contribution in [0.2, 0.25) is 0 Å². The van der Waals surface area contributed by atoms with E-state index in [0.717, 1.165) is 37.6 Å². The van der Waals surface area contributed by atoms with Crippen LogP contribution in [0.15, 0.2) is 18.5 Å². The van der Waals surface area contributed by atoms with Crippen LogP contribution < -0.4 is 5.73 Å². The molecule has 0 radical (unpaired) electrons. The summed E-state index contributed by atoms with van der Waals surface area (Å²) < 4.78 is 4.22. The van der Waals surface area contributed by atoms with E-state index < -0.39 is 5.54 Å². The zero-order chi connectivity index (χ0) is 18.3. The second-order valence-electron chi connectivity index (χ2n) is 8.07. The standard InChI is InChI=1S/C18H27N7O/c1-18(2,19)17(26)23-10-6-13(7-11-23)16-22-21-15(25(16)14-4-5-14)12-24-9-3-8-20-24/h3,8-9,13-14H,4-7,10-12,19H2,1-2H3. The lowest BCUT2D eigenvalue weighted by molar-refractivity contribution is -0.136. The molecule has 2 N–H and O–H groups in total. The normalized spacial score (nSPS) is 19.1. The van der Waals surface area contributed by atoms with Gasteiger partial charge in [-0.05, 0) is 45.6 Å². The molecule has 8 heteroatoms. The summed E-state index contributed by atoms with van der Waals surface area (Å²) in [6.45, 7) is 5.65. The van der Waals surface area contributed by atoms with Gasteiger partial charge in [0.1, 0.15) is 12.4 Å². The van der Waals surface area contributed by atoms with Gasteiger partial charge in [0.15, 0.2) is 5.82 Å². The summed E-state index contributed by atoms with van der Waals surface area (Å²) >= 11 is 0. The highest BCUT2D eigenvalue weighted by Crippen LogP contribution is 2.40. The number of nitrogens with zero attached hydrogens (tertiary/aromatic N) is 6. The number of amides is 1. The first-order valence-electron chi connectivity index (χ1n) is 9.43. The fourth-order valence-corrected chi connectivity index (χ4v) is 3.74. The number of rotatable bonds is 5. The number of nitrogens with two attached hydrogens (primary N) is 1. The van der Waals surface area contributed by atoms with E-state index in [1.165, 1.54) is 12.8 Å². The van der Waals surface area contributed by atoms with Crippen molar-refractivity contribution in [1.29, 1.82) is 0 Å². The first kappa shape index (κ1) is 17.2. The topological polar surface area (TPSA) is 94.9 Å². The number of likely N-dealkylation sites (tertiary alicyclic amines) is 1. The van der Waals surface area contributed by atoms with Gasteiger partial charge in [-0.2, -0.15) is 5.10 Å².